The van der Waals surface area contributed by atoms with E-state index in [1.54, 1.807) is 0 Å². The Kier molecular flexibility index (Phi) is 2.56. The van der Waals surface area contributed by atoms with E-state index in [0.717, 1.165) is 25.2 Å². The molecule has 2 N–H and O–H groups in total. The summed E-state index contributed by atoms with van der Waals surface area (Å²) in [4.78, 5) is 3.92. The van der Waals surface area contributed by atoms with Crippen LogP contribution in [0.15, 0.2) is 29.6 Å². The number of thiophene rings is 1. The maximum absolute atomic E-state index is 6.17. The van der Waals surface area contributed by atoms with Gasteiger partial charge in [0.2, 0.25) is 0 Å². The van der Waals surface area contributed by atoms with Gasteiger partial charge in [0.05, 0.1) is 11.4 Å². The largest absolute Gasteiger partial charge is 0.397 e. The first kappa shape index (κ1) is 10.7. The van der Waals surface area contributed by atoms with Gasteiger partial charge in [-0.15, -0.1) is 11.3 Å². The second-order valence-corrected chi connectivity index (χ2v) is 5.55. The van der Waals surface area contributed by atoms with Gasteiger partial charge in [-0.05, 0) is 42.0 Å². The minimum atomic E-state index is 0.922. The molecule has 0 bridgehead atoms. The molecule has 2 nitrogen and oxygen atoms in total. The highest BCUT2D eigenvalue weighted by atomic mass is 32.1. The summed E-state index contributed by atoms with van der Waals surface area (Å²) in [5.74, 6) is 0. The second-order valence-electron chi connectivity index (χ2n) is 4.55. The summed E-state index contributed by atoms with van der Waals surface area (Å²) >= 11 is 1.87. The summed E-state index contributed by atoms with van der Waals surface area (Å²) in [5.41, 5.74) is 10.9. The summed E-state index contributed by atoms with van der Waals surface area (Å²) in [6.45, 7) is 4.13. The summed E-state index contributed by atoms with van der Waals surface area (Å²) in [6.07, 6.45) is 1.14. The van der Waals surface area contributed by atoms with Crippen molar-refractivity contribution in [2.75, 3.05) is 17.2 Å². The molecule has 3 rings (SSSR count). The number of nitrogen functional groups attached to an aromatic ring is 1. The highest BCUT2D eigenvalue weighted by Crippen LogP contribution is 2.32. The summed E-state index contributed by atoms with van der Waals surface area (Å²) in [6, 6.07) is 8.51. The molecule has 0 unspecified atom stereocenters. The molecule has 0 atom stereocenters. The number of benzene rings is 1. The van der Waals surface area contributed by atoms with Crippen molar-refractivity contribution >= 4 is 22.7 Å². The minimum Gasteiger partial charge on any atom is -0.397 e. The first-order valence-electron chi connectivity index (χ1n) is 5.91. The van der Waals surface area contributed by atoms with Crippen molar-refractivity contribution in [3.8, 4) is 0 Å². The topological polar surface area (TPSA) is 29.3 Å². The van der Waals surface area contributed by atoms with Gasteiger partial charge in [0.25, 0.3) is 0 Å². The lowest BCUT2D eigenvalue weighted by Gasteiger charge is -2.30. The number of hydrogen-bond acceptors (Lipinski definition) is 3. The van der Waals surface area contributed by atoms with Crippen molar-refractivity contribution in [3.63, 3.8) is 0 Å². The summed E-state index contributed by atoms with van der Waals surface area (Å²) in [7, 11) is 0. The predicted octanol–water partition coefficient (Wildman–Crippen LogP) is 3.20. The molecule has 0 saturated carbocycles. The first-order valence-corrected chi connectivity index (χ1v) is 6.79. The number of fused-ring (bicyclic) bond motifs is 1. The number of nitrogens with zero attached hydrogens (tertiary/aromatic N) is 1. The fourth-order valence-corrected chi connectivity index (χ4v) is 3.28. The van der Waals surface area contributed by atoms with Crippen LogP contribution in [-0.4, -0.2) is 6.54 Å². The van der Waals surface area contributed by atoms with E-state index in [1.165, 1.54) is 21.7 Å². The smallest absolute Gasteiger partial charge is 0.0605 e. The van der Waals surface area contributed by atoms with Gasteiger partial charge >= 0.3 is 0 Å². The number of rotatable bonds is 1. The van der Waals surface area contributed by atoms with E-state index in [-0.39, 0.29) is 0 Å². The maximum Gasteiger partial charge on any atom is 0.0605 e. The van der Waals surface area contributed by atoms with Crippen LogP contribution in [0.25, 0.3) is 0 Å². The van der Waals surface area contributed by atoms with Crippen LogP contribution in [0.1, 0.15) is 16.0 Å². The third-order valence-electron chi connectivity index (χ3n) is 3.45. The Balaban J connectivity index is 1.94. The zero-order valence-corrected chi connectivity index (χ0v) is 10.8. The van der Waals surface area contributed by atoms with Crippen LogP contribution in [0.2, 0.25) is 0 Å². The van der Waals surface area contributed by atoms with Crippen molar-refractivity contribution in [1.29, 1.82) is 0 Å². The van der Waals surface area contributed by atoms with E-state index in [4.69, 9.17) is 5.73 Å². The van der Waals surface area contributed by atoms with Gasteiger partial charge in [-0.1, -0.05) is 12.1 Å². The fraction of sp³-hybridized carbons (Fsp3) is 0.286. The molecule has 1 aliphatic rings. The second kappa shape index (κ2) is 4.08. The van der Waals surface area contributed by atoms with Crippen molar-refractivity contribution in [2.24, 2.45) is 0 Å². The van der Waals surface area contributed by atoms with Gasteiger partial charge in [0, 0.05) is 18.0 Å². The van der Waals surface area contributed by atoms with E-state index in [0.29, 0.717) is 0 Å². The number of hydrogen-bond donors (Lipinski definition) is 1. The summed E-state index contributed by atoms with van der Waals surface area (Å²) < 4.78 is 0. The van der Waals surface area contributed by atoms with E-state index in [1.807, 2.05) is 11.3 Å². The molecule has 0 radical (unpaired) electrons. The molecule has 1 aliphatic heterocycles. The molecule has 0 saturated heterocycles. The normalized spacial score (nSPS) is 14.8. The molecule has 17 heavy (non-hydrogen) atoms. The average Bonchev–Trinajstić information content (AvgIpc) is 2.79. The Bertz CT molecular complexity index is 545. The molecular formula is C14H16N2S. The van der Waals surface area contributed by atoms with Crippen molar-refractivity contribution in [1.82, 2.24) is 0 Å². The molecule has 3 heteroatoms. The lowest BCUT2D eigenvalue weighted by molar-refractivity contribution is 0.744. The van der Waals surface area contributed by atoms with Crippen molar-refractivity contribution in [3.05, 3.63) is 45.6 Å². The Hall–Kier alpha value is -1.48. The molecule has 88 valence electrons. The third kappa shape index (κ3) is 1.80. The van der Waals surface area contributed by atoms with E-state index < -0.39 is 0 Å². The molecule has 1 aromatic heterocycles. The highest BCUT2D eigenvalue weighted by molar-refractivity contribution is 7.10. The Morgan fingerprint density at radius 3 is 3.06 bits per heavy atom. The Labute approximate surface area is 106 Å². The average molecular weight is 244 g/mol. The van der Waals surface area contributed by atoms with Crippen molar-refractivity contribution in [2.45, 2.75) is 19.9 Å². The molecule has 2 aromatic rings. The minimum absolute atomic E-state index is 0.922. The lowest BCUT2D eigenvalue weighted by atomic mass is 10.1. The number of aryl methyl sites for hydroxylation is 1. The Morgan fingerprint density at radius 2 is 2.18 bits per heavy atom. The SMILES string of the molecule is Cc1cccc(N2CCc3sccc3C2)c1N. The molecule has 0 aliphatic carbocycles. The van der Waals surface area contributed by atoms with Gasteiger partial charge in [-0.2, -0.15) is 0 Å². The van der Waals surface area contributed by atoms with Crippen molar-refractivity contribution < 1.29 is 0 Å². The zero-order valence-electron chi connectivity index (χ0n) is 9.94. The summed E-state index contributed by atoms with van der Waals surface area (Å²) in [5, 5.41) is 2.19. The van der Waals surface area contributed by atoms with Gasteiger partial charge in [0.1, 0.15) is 0 Å². The molecular weight excluding hydrogens is 228 g/mol. The van der Waals surface area contributed by atoms with Crippen LogP contribution in [-0.2, 0) is 13.0 Å². The monoisotopic (exact) mass is 244 g/mol. The molecule has 0 spiro atoms. The lowest BCUT2D eigenvalue weighted by Crippen LogP contribution is -2.30. The molecule has 0 amide bonds. The van der Waals surface area contributed by atoms with Gasteiger partial charge < -0.3 is 10.6 Å². The fourth-order valence-electron chi connectivity index (χ4n) is 2.40. The van der Waals surface area contributed by atoms with Crippen LogP contribution in [0.5, 0.6) is 0 Å². The van der Waals surface area contributed by atoms with Gasteiger partial charge in [-0.25, -0.2) is 0 Å². The zero-order chi connectivity index (χ0) is 11.8. The molecule has 0 fully saturated rings. The number of nitrogens with two attached hydrogens (primary N) is 1. The third-order valence-corrected chi connectivity index (χ3v) is 4.47. The number of para-hydroxylation sites is 1. The first-order chi connectivity index (χ1) is 8.25. The highest BCUT2D eigenvalue weighted by Gasteiger charge is 2.19. The number of anilines is 2. The molecule has 1 aromatic carbocycles. The van der Waals surface area contributed by atoms with Crippen LogP contribution in [0.3, 0.4) is 0 Å². The standard InChI is InChI=1S/C14H16N2S/c1-10-3-2-4-12(14(10)15)16-7-5-13-11(9-16)6-8-17-13/h2-4,6,8H,5,7,9,15H2,1H3. The predicted molar refractivity (Wildman–Crippen MR) is 74.7 cm³/mol. The van der Waals surface area contributed by atoms with E-state index in [2.05, 4.69) is 41.5 Å². The molecule has 2 heterocycles. The van der Waals surface area contributed by atoms with E-state index >= 15 is 0 Å². The van der Waals surface area contributed by atoms with Crippen LogP contribution >= 0.6 is 11.3 Å². The quantitative estimate of drug-likeness (QED) is 0.781. The van der Waals surface area contributed by atoms with Crippen LogP contribution < -0.4 is 10.6 Å². The van der Waals surface area contributed by atoms with E-state index in [9.17, 15) is 0 Å². The van der Waals surface area contributed by atoms with Crippen LogP contribution in [0, 0.1) is 6.92 Å². The van der Waals surface area contributed by atoms with Crippen LogP contribution in [0.4, 0.5) is 11.4 Å². The maximum atomic E-state index is 6.17. The Morgan fingerprint density at radius 1 is 1.29 bits per heavy atom. The van der Waals surface area contributed by atoms with Gasteiger partial charge in [-0.3, -0.25) is 0 Å². The van der Waals surface area contributed by atoms with Gasteiger partial charge in [0.15, 0.2) is 0 Å².